The number of methoxy groups -OCH3 is 1. The van der Waals surface area contributed by atoms with Gasteiger partial charge >= 0.3 is 8.60 Å². The van der Waals surface area contributed by atoms with Gasteiger partial charge in [-0.15, -0.1) is 0 Å². The number of fused-ring (bicyclic) bond motifs is 2. The van der Waals surface area contributed by atoms with Crippen LogP contribution in [0.2, 0.25) is 0 Å². The average molecular weight is 476 g/mol. The number of carbonyl (C=O) groups excluding carboxylic acids is 1. The van der Waals surface area contributed by atoms with Crippen molar-refractivity contribution in [3.05, 3.63) is 10.4 Å². The Kier molecular flexibility index (Phi) is 6.74. The highest BCUT2D eigenvalue weighted by molar-refractivity contribution is 7.99. The second-order valence-electron chi connectivity index (χ2n) is 6.68. The van der Waals surface area contributed by atoms with Gasteiger partial charge in [0.15, 0.2) is 22.5 Å². The van der Waals surface area contributed by atoms with Crippen LogP contribution in [0, 0.1) is 0 Å². The van der Waals surface area contributed by atoms with Crippen LogP contribution in [0.3, 0.4) is 0 Å². The third-order valence-electron chi connectivity index (χ3n) is 4.62. The van der Waals surface area contributed by atoms with E-state index in [9.17, 15) is 19.6 Å². The number of aromatic nitrogens is 4. The zero-order valence-corrected chi connectivity index (χ0v) is 18.0. The zero-order valence-electron chi connectivity index (χ0n) is 16.3. The number of carbonyl (C=O) groups is 1. The molecular formula is C15H21N6O8PS. The highest BCUT2D eigenvalue weighted by Crippen LogP contribution is 2.47. The van der Waals surface area contributed by atoms with Crippen LogP contribution in [-0.4, -0.2) is 86.4 Å². The summed E-state index contributed by atoms with van der Waals surface area (Å²) in [6, 6.07) is 0. The summed E-state index contributed by atoms with van der Waals surface area (Å²) < 4.78 is 22.5. The number of ether oxygens (including phenoxy) is 2. The molecule has 1 amide bonds. The topological polar surface area (TPSA) is 196 Å². The molecule has 2 aromatic heterocycles. The first-order valence-corrected chi connectivity index (χ1v) is 11.3. The van der Waals surface area contributed by atoms with Crippen molar-refractivity contribution in [1.82, 2.24) is 24.8 Å². The number of nitrogens with one attached hydrogen (secondary N) is 2. The summed E-state index contributed by atoms with van der Waals surface area (Å²) >= 11 is 1.03. The van der Waals surface area contributed by atoms with E-state index < -0.39 is 38.7 Å². The molecule has 0 saturated carbocycles. The highest BCUT2D eigenvalue weighted by atomic mass is 32.2. The van der Waals surface area contributed by atoms with Gasteiger partial charge in [-0.1, -0.05) is 11.8 Å². The lowest BCUT2D eigenvalue weighted by molar-refractivity contribution is -0.118. The molecule has 6 N–H and O–H groups in total. The second kappa shape index (κ2) is 9.34. The van der Waals surface area contributed by atoms with E-state index in [1.54, 1.807) is 0 Å². The number of rotatable bonds is 7. The molecule has 2 fully saturated rings. The maximum atomic E-state index is 12.3. The second-order valence-corrected chi connectivity index (χ2v) is 8.57. The SMILES string of the molecule is COCCNC(=O)CSc1nc2c(=O)[nH]c(N)nc2n1[C@@H]1OC2COP(O)O[C@H]2C1O. The van der Waals surface area contributed by atoms with Gasteiger partial charge in [-0.25, -0.2) is 4.98 Å². The van der Waals surface area contributed by atoms with E-state index in [-0.39, 0.29) is 40.5 Å². The van der Waals surface area contributed by atoms with Gasteiger partial charge in [-0.3, -0.25) is 19.1 Å². The average Bonchev–Trinajstić information content (AvgIpc) is 3.24. The standard InChI is InChI=1S/C15H21N6O8PS/c1-26-3-2-17-7(22)5-31-15-18-8-11(19-14(16)20-12(8)24)21(15)13-9(23)10-6(28-13)4-27-30(25)29-10/h6,9-10,13,23,25H,2-5H2,1H3,(H,17,22)(H3,16,19,20,24)/t6?,9?,10-,13-,30?/m1/s1. The molecule has 0 bridgehead atoms. The molecule has 0 spiro atoms. The normalized spacial score (nSPS) is 28.0. The number of anilines is 1. The van der Waals surface area contributed by atoms with Crippen LogP contribution in [0.1, 0.15) is 6.23 Å². The monoisotopic (exact) mass is 476 g/mol. The van der Waals surface area contributed by atoms with Gasteiger partial charge < -0.3 is 39.6 Å². The van der Waals surface area contributed by atoms with E-state index in [4.69, 9.17) is 24.3 Å². The molecular weight excluding hydrogens is 455 g/mol. The van der Waals surface area contributed by atoms with Crippen molar-refractivity contribution < 1.29 is 33.3 Å². The fourth-order valence-corrected chi connectivity index (χ4v) is 4.91. The minimum absolute atomic E-state index is 0.0162. The van der Waals surface area contributed by atoms with Crippen LogP contribution in [0.4, 0.5) is 5.95 Å². The van der Waals surface area contributed by atoms with Crippen molar-refractivity contribution >= 4 is 43.4 Å². The first kappa shape index (κ1) is 22.4. The minimum atomic E-state index is -2.13. The van der Waals surface area contributed by atoms with Crippen molar-refractivity contribution in [3.63, 3.8) is 0 Å². The molecule has 170 valence electrons. The van der Waals surface area contributed by atoms with E-state index in [2.05, 4.69) is 20.3 Å². The molecule has 2 saturated heterocycles. The summed E-state index contributed by atoms with van der Waals surface area (Å²) in [5.74, 6) is -0.431. The van der Waals surface area contributed by atoms with Crippen LogP contribution in [0.5, 0.6) is 0 Å². The Hall–Kier alpha value is -1.84. The summed E-state index contributed by atoms with van der Waals surface area (Å²) in [5, 5.41) is 13.7. The number of aliphatic hydroxyl groups is 1. The van der Waals surface area contributed by atoms with Crippen LogP contribution in [-0.2, 0) is 23.3 Å². The van der Waals surface area contributed by atoms with Gasteiger partial charge in [0.1, 0.15) is 18.3 Å². The third-order valence-corrected chi connectivity index (χ3v) is 6.37. The lowest BCUT2D eigenvalue weighted by Crippen LogP contribution is -2.38. The molecule has 16 heteroatoms. The fraction of sp³-hybridized carbons (Fsp3) is 0.600. The number of aliphatic hydroxyl groups excluding tert-OH is 1. The Balaban J connectivity index is 1.65. The van der Waals surface area contributed by atoms with E-state index in [0.717, 1.165) is 11.8 Å². The van der Waals surface area contributed by atoms with Crippen LogP contribution < -0.4 is 16.6 Å². The van der Waals surface area contributed by atoms with E-state index >= 15 is 0 Å². The first-order valence-electron chi connectivity index (χ1n) is 9.17. The Morgan fingerprint density at radius 2 is 2.32 bits per heavy atom. The van der Waals surface area contributed by atoms with Gasteiger partial charge in [0.05, 0.1) is 19.0 Å². The first-order chi connectivity index (χ1) is 14.9. The molecule has 0 radical (unpaired) electrons. The van der Waals surface area contributed by atoms with E-state index in [1.165, 1.54) is 11.7 Å². The Bertz CT molecular complexity index is 1020. The summed E-state index contributed by atoms with van der Waals surface area (Å²) in [6.45, 7) is 0.737. The molecule has 4 rings (SSSR count). The number of hydrogen-bond acceptors (Lipinski definition) is 12. The van der Waals surface area contributed by atoms with Crippen molar-refractivity contribution in [2.24, 2.45) is 0 Å². The number of nitrogen functional groups attached to an aromatic ring is 1. The van der Waals surface area contributed by atoms with Gasteiger partial charge in [-0.05, 0) is 0 Å². The van der Waals surface area contributed by atoms with Crippen molar-refractivity contribution in [3.8, 4) is 0 Å². The molecule has 3 unspecified atom stereocenters. The minimum Gasteiger partial charge on any atom is -0.386 e. The Morgan fingerprint density at radius 3 is 3.10 bits per heavy atom. The Labute approximate surface area is 180 Å². The lowest BCUT2D eigenvalue weighted by Gasteiger charge is -2.27. The van der Waals surface area contributed by atoms with Crippen molar-refractivity contribution in [1.29, 1.82) is 0 Å². The Morgan fingerprint density at radius 1 is 1.52 bits per heavy atom. The molecule has 5 atom stereocenters. The van der Waals surface area contributed by atoms with Gasteiger partial charge in [-0.2, -0.15) is 4.98 Å². The number of amides is 1. The highest BCUT2D eigenvalue weighted by Gasteiger charge is 2.50. The van der Waals surface area contributed by atoms with E-state index in [0.29, 0.717) is 13.2 Å². The molecule has 31 heavy (non-hydrogen) atoms. The number of imidazole rings is 1. The number of nitrogens with zero attached hydrogens (tertiary/aromatic N) is 3. The number of nitrogens with two attached hydrogens (primary N) is 1. The van der Waals surface area contributed by atoms with Crippen LogP contribution in [0.25, 0.3) is 11.2 Å². The quantitative estimate of drug-likeness (QED) is 0.176. The number of H-pyrrole nitrogens is 1. The lowest BCUT2D eigenvalue weighted by atomic mass is 10.1. The number of thioether (sulfide) groups is 1. The maximum Gasteiger partial charge on any atom is 0.330 e. The molecule has 0 aliphatic carbocycles. The van der Waals surface area contributed by atoms with Gasteiger partial charge in [0.2, 0.25) is 11.9 Å². The van der Waals surface area contributed by atoms with Crippen LogP contribution in [0.15, 0.2) is 9.95 Å². The maximum absolute atomic E-state index is 12.3. The summed E-state index contributed by atoms with van der Waals surface area (Å²) in [4.78, 5) is 44.8. The number of aromatic amines is 1. The molecule has 0 aromatic carbocycles. The molecule has 2 aliphatic heterocycles. The van der Waals surface area contributed by atoms with Gasteiger partial charge in [0, 0.05) is 13.7 Å². The fourth-order valence-electron chi connectivity index (χ4n) is 3.25. The summed E-state index contributed by atoms with van der Waals surface area (Å²) in [7, 11) is -0.599. The van der Waals surface area contributed by atoms with Gasteiger partial charge in [0.25, 0.3) is 5.56 Å². The molecule has 14 nitrogen and oxygen atoms in total. The predicted octanol–water partition coefficient (Wildman–Crippen LogP) is -1.55. The predicted molar refractivity (Wildman–Crippen MR) is 108 cm³/mol. The third kappa shape index (κ3) is 4.54. The zero-order chi connectivity index (χ0) is 22.1. The van der Waals surface area contributed by atoms with Crippen molar-refractivity contribution in [2.75, 3.05) is 38.4 Å². The molecule has 2 aliphatic rings. The largest absolute Gasteiger partial charge is 0.386 e. The molecule has 2 aromatic rings. The smallest absolute Gasteiger partial charge is 0.330 e. The van der Waals surface area contributed by atoms with Crippen molar-refractivity contribution in [2.45, 2.75) is 29.7 Å². The van der Waals surface area contributed by atoms with Crippen LogP contribution >= 0.6 is 20.4 Å². The molecule has 4 heterocycles. The summed E-state index contributed by atoms with van der Waals surface area (Å²) in [6.07, 6.45) is -3.78. The number of hydrogen-bond donors (Lipinski definition) is 5. The van der Waals surface area contributed by atoms with E-state index in [1.807, 2.05) is 0 Å². The summed E-state index contributed by atoms with van der Waals surface area (Å²) in [5.41, 5.74) is 5.18.